The SMILES string of the molecule is CC1=C[C@H](O)[C@@]2(C)CC(C)=C(C)C[C@@H]2C1=O. The average Bonchev–Trinajstić information content (AvgIpc) is 2.20. The lowest BCUT2D eigenvalue weighted by Crippen LogP contribution is -2.48. The van der Waals surface area contributed by atoms with Gasteiger partial charge in [-0.1, -0.05) is 18.1 Å². The zero-order valence-corrected chi connectivity index (χ0v) is 10.5. The summed E-state index contributed by atoms with van der Waals surface area (Å²) in [5, 5.41) is 10.2. The number of aliphatic hydroxyl groups is 1. The number of ketones is 1. The van der Waals surface area contributed by atoms with Crippen molar-refractivity contribution in [2.24, 2.45) is 11.3 Å². The summed E-state index contributed by atoms with van der Waals surface area (Å²) in [4.78, 5) is 12.2. The van der Waals surface area contributed by atoms with E-state index in [0.717, 1.165) is 18.4 Å². The minimum atomic E-state index is -0.488. The van der Waals surface area contributed by atoms with Crippen molar-refractivity contribution in [3.63, 3.8) is 0 Å². The predicted molar refractivity (Wildman–Crippen MR) is 64.0 cm³/mol. The van der Waals surface area contributed by atoms with Crippen LogP contribution in [0.25, 0.3) is 0 Å². The lowest BCUT2D eigenvalue weighted by atomic mass is 9.58. The van der Waals surface area contributed by atoms with E-state index in [9.17, 15) is 9.90 Å². The molecule has 2 rings (SSSR count). The number of allylic oxidation sites excluding steroid dienone is 3. The van der Waals surface area contributed by atoms with Crippen LogP contribution in [0.1, 0.15) is 40.5 Å². The molecule has 2 nitrogen and oxygen atoms in total. The average molecular weight is 220 g/mol. The summed E-state index contributed by atoms with van der Waals surface area (Å²) >= 11 is 0. The zero-order chi connectivity index (χ0) is 12.1. The van der Waals surface area contributed by atoms with Crippen molar-refractivity contribution in [3.8, 4) is 0 Å². The monoisotopic (exact) mass is 220 g/mol. The van der Waals surface area contributed by atoms with Crippen LogP contribution < -0.4 is 0 Å². The van der Waals surface area contributed by atoms with Crippen LogP contribution in [0.5, 0.6) is 0 Å². The molecule has 0 aromatic carbocycles. The van der Waals surface area contributed by atoms with E-state index < -0.39 is 6.10 Å². The molecule has 0 fully saturated rings. The van der Waals surface area contributed by atoms with Crippen LogP contribution in [0.4, 0.5) is 0 Å². The third kappa shape index (κ3) is 1.47. The van der Waals surface area contributed by atoms with E-state index in [1.54, 1.807) is 6.08 Å². The highest BCUT2D eigenvalue weighted by atomic mass is 16.3. The zero-order valence-electron chi connectivity index (χ0n) is 10.5. The number of carbonyl (C=O) groups is 1. The summed E-state index contributed by atoms with van der Waals surface area (Å²) in [6.07, 6.45) is 2.88. The van der Waals surface area contributed by atoms with Crippen molar-refractivity contribution in [1.82, 2.24) is 0 Å². The summed E-state index contributed by atoms with van der Waals surface area (Å²) in [6.45, 7) is 8.06. The van der Waals surface area contributed by atoms with Gasteiger partial charge in [-0.25, -0.2) is 0 Å². The van der Waals surface area contributed by atoms with E-state index in [2.05, 4.69) is 13.8 Å². The van der Waals surface area contributed by atoms with Gasteiger partial charge in [0.15, 0.2) is 5.78 Å². The van der Waals surface area contributed by atoms with E-state index in [1.165, 1.54) is 11.1 Å². The Balaban J connectivity index is 2.47. The van der Waals surface area contributed by atoms with Crippen molar-refractivity contribution < 1.29 is 9.90 Å². The highest BCUT2D eigenvalue weighted by Gasteiger charge is 2.48. The van der Waals surface area contributed by atoms with Crippen molar-refractivity contribution >= 4 is 5.78 Å². The van der Waals surface area contributed by atoms with Crippen molar-refractivity contribution in [2.45, 2.75) is 46.6 Å². The number of fused-ring (bicyclic) bond motifs is 1. The predicted octanol–water partition coefficient (Wildman–Crippen LogP) is 2.63. The Hall–Kier alpha value is -0.890. The fourth-order valence-corrected chi connectivity index (χ4v) is 3.05. The first kappa shape index (κ1) is 11.6. The molecule has 0 aromatic heterocycles. The summed E-state index contributed by atoms with van der Waals surface area (Å²) in [7, 11) is 0. The standard InChI is InChI=1S/C14H20O2/c1-8-5-11-13(16)9(2)6-12(15)14(11,4)7-10(8)3/h6,11-12,15H,5,7H2,1-4H3/t11-,12+,14+/m1/s1. The molecular formula is C14H20O2. The lowest BCUT2D eigenvalue weighted by molar-refractivity contribution is -0.128. The molecule has 88 valence electrons. The molecule has 1 N–H and O–H groups in total. The molecule has 0 saturated carbocycles. The van der Waals surface area contributed by atoms with Gasteiger partial charge < -0.3 is 5.11 Å². The highest BCUT2D eigenvalue weighted by Crippen LogP contribution is 2.49. The molecule has 0 aliphatic heterocycles. The lowest BCUT2D eigenvalue weighted by Gasteiger charge is -2.46. The maximum Gasteiger partial charge on any atom is 0.162 e. The van der Waals surface area contributed by atoms with Crippen LogP contribution in [-0.4, -0.2) is 17.0 Å². The molecule has 0 heterocycles. The van der Waals surface area contributed by atoms with Crippen LogP contribution in [0.2, 0.25) is 0 Å². The molecule has 0 aromatic rings. The van der Waals surface area contributed by atoms with Crippen LogP contribution in [0, 0.1) is 11.3 Å². The first-order valence-corrected chi connectivity index (χ1v) is 5.92. The van der Waals surface area contributed by atoms with Crippen LogP contribution in [-0.2, 0) is 4.79 Å². The van der Waals surface area contributed by atoms with E-state index in [-0.39, 0.29) is 17.1 Å². The second kappa shape index (κ2) is 3.56. The summed E-state index contributed by atoms with van der Waals surface area (Å²) < 4.78 is 0. The Bertz CT molecular complexity index is 403. The second-order valence-electron chi connectivity index (χ2n) is 5.66. The van der Waals surface area contributed by atoms with Gasteiger partial charge in [-0.2, -0.15) is 0 Å². The van der Waals surface area contributed by atoms with E-state index >= 15 is 0 Å². The quantitative estimate of drug-likeness (QED) is 0.637. The number of Topliss-reactive ketones (excluding diaryl/α,β-unsaturated/α-hetero) is 1. The molecule has 0 spiro atoms. The number of hydrogen-bond donors (Lipinski definition) is 1. The Morgan fingerprint density at radius 2 is 1.94 bits per heavy atom. The van der Waals surface area contributed by atoms with Gasteiger partial charge in [0.2, 0.25) is 0 Å². The molecule has 0 amide bonds. The minimum Gasteiger partial charge on any atom is -0.388 e. The Morgan fingerprint density at radius 3 is 2.56 bits per heavy atom. The number of rotatable bonds is 0. The maximum atomic E-state index is 12.2. The third-order valence-corrected chi connectivity index (χ3v) is 4.47. The molecule has 3 atom stereocenters. The smallest absolute Gasteiger partial charge is 0.162 e. The van der Waals surface area contributed by atoms with E-state index in [0.29, 0.717) is 0 Å². The Morgan fingerprint density at radius 1 is 1.31 bits per heavy atom. The second-order valence-corrected chi connectivity index (χ2v) is 5.66. The van der Waals surface area contributed by atoms with Crippen molar-refractivity contribution in [2.75, 3.05) is 0 Å². The molecule has 2 aliphatic carbocycles. The topological polar surface area (TPSA) is 37.3 Å². The molecule has 16 heavy (non-hydrogen) atoms. The van der Waals surface area contributed by atoms with Crippen LogP contribution in [0.3, 0.4) is 0 Å². The first-order chi connectivity index (χ1) is 7.36. The summed E-state index contributed by atoms with van der Waals surface area (Å²) in [5.41, 5.74) is 3.08. The molecule has 0 radical (unpaired) electrons. The Kier molecular flexibility index (Phi) is 2.58. The number of carbonyl (C=O) groups excluding carboxylic acids is 1. The van der Waals surface area contributed by atoms with Gasteiger partial charge >= 0.3 is 0 Å². The molecular weight excluding hydrogens is 200 g/mol. The Labute approximate surface area is 97.0 Å². The fraction of sp³-hybridized carbons (Fsp3) is 0.643. The summed E-state index contributed by atoms with van der Waals surface area (Å²) in [5.74, 6) is 0.191. The van der Waals surface area contributed by atoms with Gasteiger partial charge in [0, 0.05) is 11.3 Å². The van der Waals surface area contributed by atoms with Gasteiger partial charge in [-0.3, -0.25) is 4.79 Å². The van der Waals surface area contributed by atoms with Gasteiger partial charge in [-0.05, 0) is 45.3 Å². The molecule has 0 unspecified atom stereocenters. The molecule has 0 bridgehead atoms. The largest absolute Gasteiger partial charge is 0.388 e. The van der Waals surface area contributed by atoms with Crippen LogP contribution in [0.15, 0.2) is 22.8 Å². The normalized spacial score (nSPS) is 39.6. The molecule has 0 saturated heterocycles. The van der Waals surface area contributed by atoms with Gasteiger partial charge in [0.1, 0.15) is 0 Å². The molecule has 2 heteroatoms. The summed E-state index contributed by atoms with van der Waals surface area (Å²) in [6, 6.07) is 0. The van der Waals surface area contributed by atoms with E-state index in [4.69, 9.17) is 0 Å². The van der Waals surface area contributed by atoms with Crippen molar-refractivity contribution in [1.29, 1.82) is 0 Å². The fourth-order valence-electron chi connectivity index (χ4n) is 3.05. The molecule has 2 aliphatic rings. The number of hydrogen-bond acceptors (Lipinski definition) is 2. The van der Waals surface area contributed by atoms with Crippen LogP contribution >= 0.6 is 0 Å². The van der Waals surface area contributed by atoms with Gasteiger partial charge in [-0.15, -0.1) is 0 Å². The van der Waals surface area contributed by atoms with Crippen molar-refractivity contribution in [3.05, 3.63) is 22.8 Å². The third-order valence-electron chi connectivity index (χ3n) is 4.47. The van der Waals surface area contributed by atoms with Gasteiger partial charge in [0.25, 0.3) is 0 Å². The van der Waals surface area contributed by atoms with E-state index in [1.807, 2.05) is 13.8 Å². The number of aliphatic hydroxyl groups excluding tert-OH is 1. The maximum absolute atomic E-state index is 12.2. The first-order valence-electron chi connectivity index (χ1n) is 5.92. The van der Waals surface area contributed by atoms with Gasteiger partial charge in [0.05, 0.1) is 6.10 Å². The highest BCUT2D eigenvalue weighted by molar-refractivity contribution is 5.98. The minimum absolute atomic E-state index is 0.0313.